The van der Waals surface area contributed by atoms with Gasteiger partial charge in [0.1, 0.15) is 0 Å². The third-order valence-electron chi connectivity index (χ3n) is 2.94. The van der Waals surface area contributed by atoms with Crippen molar-refractivity contribution in [3.8, 4) is 0 Å². The van der Waals surface area contributed by atoms with E-state index in [4.69, 9.17) is 0 Å². The number of hydrogen-bond donors (Lipinski definition) is 2. The van der Waals surface area contributed by atoms with Gasteiger partial charge in [0, 0.05) is 37.0 Å². The highest BCUT2D eigenvalue weighted by Gasteiger charge is 2.15. The number of benzene rings is 1. The summed E-state index contributed by atoms with van der Waals surface area (Å²) in [6, 6.07) is 4.22. The van der Waals surface area contributed by atoms with Crippen molar-refractivity contribution in [3.05, 3.63) is 33.9 Å². The summed E-state index contributed by atoms with van der Waals surface area (Å²) in [4.78, 5) is 23.6. The standard InChI is InChI=1S/C14H21N3O4/c1-10(2)7-15-14(19)8-16(3)13-5-4-12(17(20)21)6-11(13)9-18/h4-6,10,18H,7-9H2,1-3H3,(H,15,19). The monoisotopic (exact) mass is 295 g/mol. The number of carbonyl (C=O) groups excluding carboxylic acids is 1. The van der Waals surface area contributed by atoms with Crippen LogP contribution in [-0.2, 0) is 11.4 Å². The van der Waals surface area contributed by atoms with E-state index < -0.39 is 4.92 Å². The molecule has 116 valence electrons. The van der Waals surface area contributed by atoms with Gasteiger partial charge in [-0.25, -0.2) is 0 Å². The number of amides is 1. The number of nitrogens with zero attached hydrogens (tertiary/aromatic N) is 2. The van der Waals surface area contributed by atoms with Gasteiger partial charge in [0.05, 0.1) is 18.1 Å². The molecule has 1 aromatic carbocycles. The van der Waals surface area contributed by atoms with Crippen molar-refractivity contribution in [2.45, 2.75) is 20.5 Å². The van der Waals surface area contributed by atoms with Gasteiger partial charge in [0.15, 0.2) is 0 Å². The van der Waals surface area contributed by atoms with Crippen LogP contribution in [0.5, 0.6) is 0 Å². The molecule has 1 aromatic rings. The zero-order valence-electron chi connectivity index (χ0n) is 12.5. The second kappa shape index (κ2) is 7.58. The van der Waals surface area contributed by atoms with Gasteiger partial charge in [-0.3, -0.25) is 14.9 Å². The Morgan fingerprint density at radius 1 is 1.48 bits per heavy atom. The van der Waals surface area contributed by atoms with Gasteiger partial charge in [0.25, 0.3) is 5.69 Å². The minimum atomic E-state index is -0.516. The van der Waals surface area contributed by atoms with Crippen molar-refractivity contribution < 1.29 is 14.8 Å². The number of likely N-dealkylation sites (N-methyl/N-ethyl adjacent to an activating group) is 1. The Kier molecular flexibility index (Phi) is 6.10. The van der Waals surface area contributed by atoms with Crippen LogP contribution in [0.2, 0.25) is 0 Å². The second-order valence-corrected chi connectivity index (χ2v) is 5.28. The number of nitrogens with one attached hydrogen (secondary N) is 1. The molecule has 1 amide bonds. The molecule has 0 aliphatic rings. The van der Waals surface area contributed by atoms with Crippen LogP contribution in [0, 0.1) is 16.0 Å². The summed E-state index contributed by atoms with van der Waals surface area (Å²) in [6.07, 6.45) is 0. The number of anilines is 1. The lowest BCUT2D eigenvalue weighted by molar-refractivity contribution is -0.384. The fraction of sp³-hybridized carbons (Fsp3) is 0.500. The van der Waals surface area contributed by atoms with E-state index in [0.29, 0.717) is 23.7 Å². The largest absolute Gasteiger partial charge is 0.392 e. The summed E-state index contributed by atoms with van der Waals surface area (Å²) in [5.74, 6) is 0.236. The summed E-state index contributed by atoms with van der Waals surface area (Å²) in [6.45, 7) is 4.40. The maximum atomic E-state index is 11.8. The molecule has 0 aliphatic carbocycles. The van der Waals surface area contributed by atoms with Crippen molar-refractivity contribution >= 4 is 17.3 Å². The van der Waals surface area contributed by atoms with E-state index in [0.717, 1.165) is 0 Å². The van der Waals surface area contributed by atoms with Crippen molar-refractivity contribution in [3.63, 3.8) is 0 Å². The first-order valence-electron chi connectivity index (χ1n) is 6.71. The number of nitro groups is 1. The minimum Gasteiger partial charge on any atom is -0.392 e. The molecule has 0 unspecified atom stereocenters. The molecule has 0 bridgehead atoms. The van der Waals surface area contributed by atoms with Gasteiger partial charge in [-0.2, -0.15) is 0 Å². The Morgan fingerprint density at radius 3 is 2.67 bits per heavy atom. The number of aliphatic hydroxyl groups is 1. The summed E-state index contributed by atoms with van der Waals surface area (Å²) in [7, 11) is 1.70. The van der Waals surface area contributed by atoms with Crippen LogP contribution in [-0.4, -0.2) is 36.1 Å². The van der Waals surface area contributed by atoms with Crippen molar-refractivity contribution in [2.75, 3.05) is 25.0 Å². The molecule has 7 heteroatoms. The molecule has 0 spiro atoms. The molecule has 0 atom stereocenters. The van der Waals surface area contributed by atoms with Gasteiger partial charge >= 0.3 is 0 Å². The highest BCUT2D eigenvalue weighted by atomic mass is 16.6. The molecule has 0 heterocycles. The molecule has 0 radical (unpaired) electrons. The number of carbonyl (C=O) groups is 1. The molecule has 0 aromatic heterocycles. The first-order valence-corrected chi connectivity index (χ1v) is 6.71. The Labute approximate surface area is 123 Å². The van der Waals surface area contributed by atoms with Gasteiger partial charge in [-0.05, 0) is 12.0 Å². The summed E-state index contributed by atoms with van der Waals surface area (Å²) >= 11 is 0. The molecule has 0 fully saturated rings. The van der Waals surface area contributed by atoms with E-state index in [2.05, 4.69) is 5.32 Å². The number of non-ortho nitro benzene ring substituents is 1. The Morgan fingerprint density at radius 2 is 2.14 bits per heavy atom. The lowest BCUT2D eigenvalue weighted by Crippen LogP contribution is -2.37. The number of rotatable bonds is 7. The van der Waals surface area contributed by atoms with Crippen LogP contribution in [0.15, 0.2) is 18.2 Å². The van der Waals surface area contributed by atoms with Crippen LogP contribution in [0.4, 0.5) is 11.4 Å². The lowest BCUT2D eigenvalue weighted by Gasteiger charge is -2.21. The van der Waals surface area contributed by atoms with Crippen LogP contribution < -0.4 is 10.2 Å². The number of aliphatic hydroxyl groups excluding tert-OH is 1. The Balaban J connectivity index is 2.79. The fourth-order valence-electron chi connectivity index (χ4n) is 1.86. The normalized spacial score (nSPS) is 10.5. The van der Waals surface area contributed by atoms with Crippen LogP contribution in [0.3, 0.4) is 0 Å². The van der Waals surface area contributed by atoms with E-state index in [9.17, 15) is 20.0 Å². The number of hydrogen-bond acceptors (Lipinski definition) is 5. The van der Waals surface area contributed by atoms with Crippen molar-refractivity contribution in [1.82, 2.24) is 5.32 Å². The smallest absolute Gasteiger partial charge is 0.269 e. The summed E-state index contributed by atoms with van der Waals surface area (Å²) in [5, 5.41) is 22.9. The average Bonchev–Trinajstić information content (AvgIpc) is 2.44. The van der Waals surface area contributed by atoms with Gasteiger partial charge in [0.2, 0.25) is 5.91 Å². The molecule has 1 rings (SSSR count). The molecular formula is C14H21N3O4. The maximum absolute atomic E-state index is 11.8. The molecule has 21 heavy (non-hydrogen) atoms. The Bertz CT molecular complexity index is 517. The zero-order chi connectivity index (χ0) is 16.0. The van der Waals surface area contributed by atoms with E-state index >= 15 is 0 Å². The quantitative estimate of drug-likeness (QED) is 0.584. The van der Waals surface area contributed by atoms with E-state index in [1.807, 2.05) is 13.8 Å². The topological polar surface area (TPSA) is 95.7 Å². The van der Waals surface area contributed by atoms with E-state index in [-0.39, 0.29) is 24.7 Å². The summed E-state index contributed by atoms with van der Waals surface area (Å²) in [5.41, 5.74) is 0.937. The molecule has 0 saturated carbocycles. The first kappa shape index (κ1) is 16.9. The van der Waals surface area contributed by atoms with E-state index in [1.54, 1.807) is 18.0 Å². The van der Waals surface area contributed by atoms with Crippen LogP contribution in [0.25, 0.3) is 0 Å². The molecule has 7 nitrogen and oxygen atoms in total. The van der Waals surface area contributed by atoms with E-state index in [1.165, 1.54) is 12.1 Å². The van der Waals surface area contributed by atoms with Crippen LogP contribution >= 0.6 is 0 Å². The molecular weight excluding hydrogens is 274 g/mol. The number of nitro benzene ring substituents is 1. The second-order valence-electron chi connectivity index (χ2n) is 5.28. The highest BCUT2D eigenvalue weighted by molar-refractivity contribution is 5.81. The molecule has 0 saturated heterocycles. The zero-order valence-corrected chi connectivity index (χ0v) is 12.5. The maximum Gasteiger partial charge on any atom is 0.269 e. The van der Waals surface area contributed by atoms with Crippen molar-refractivity contribution in [2.24, 2.45) is 5.92 Å². The Hall–Kier alpha value is -2.15. The fourth-order valence-corrected chi connectivity index (χ4v) is 1.86. The van der Waals surface area contributed by atoms with Gasteiger partial charge in [-0.1, -0.05) is 13.8 Å². The van der Waals surface area contributed by atoms with Crippen LogP contribution in [0.1, 0.15) is 19.4 Å². The predicted octanol–water partition coefficient (Wildman–Crippen LogP) is 1.30. The average molecular weight is 295 g/mol. The van der Waals surface area contributed by atoms with Gasteiger partial charge in [-0.15, -0.1) is 0 Å². The van der Waals surface area contributed by atoms with Gasteiger partial charge < -0.3 is 15.3 Å². The molecule has 0 aliphatic heterocycles. The third kappa shape index (κ3) is 5.03. The lowest BCUT2D eigenvalue weighted by atomic mass is 10.1. The molecule has 2 N–H and O–H groups in total. The highest BCUT2D eigenvalue weighted by Crippen LogP contribution is 2.24. The predicted molar refractivity (Wildman–Crippen MR) is 80.1 cm³/mol. The minimum absolute atomic E-state index is 0.0829. The third-order valence-corrected chi connectivity index (χ3v) is 2.94. The first-order chi connectivity index (χ1) is 9.85. The van der Waals surface area contributed by atoms with Crippen molar-refractivity contribution in [1.29, 1.82) is 0 Å². The SMILES string of the molecule is CC(C)CNC(=O)CN(C)c1ccc([N+](=O)[O-])cc1CO. The summed E-state index contributed by atoms with van der Waals surface area (Å²) < 4.78 is 0.